The van der Waals surface area contributed by atoms with Crippen LogP contribution in [0.2, 0.25) is 5.02 Å². The van der Waals surface area contributed by atoms with Gasteiger partial charge in [-0.15, -0.1) is 0 Å². The van der Waals surface area contributed by atoms with Crippen LogP contribution >= 0.6 is 11.6 Å². The number of amides is 2. The lowest BCUT2D eigenvalue weighted by molar-refractivity contribution is 0.0945. The zero-order valence-electron chi connectivity index (χ0n) is 18.1. The minimum Gasteiger partial charge on any atom is -0.506 e. The number of phenolic OH excluding ortho intramolecular Hbond substituents is 1. The largest absolute Gasteiger partial charge is 0.506 e. The predicted octanol–water partition coefficient (Wildman–Crippen LogP) is 5.17. The molecular weight excluding hydrogens is 476 g/mol. The summed E-state index contributed by atoms with van der Waals surface area (Å²) in [5.74, 6) is -3.09. The van der Waals surface area contributed by atoms with Crippen molar-refractivity contribution in [2.45, 2.75) is 6.54 Å². The van der Waals surface area contributed by atoms with Crippen molar-refractivity contribution in [3.63, 3.8) is 0 Å². The molecule has 0 saturated carbocycles. The predicted molar refractivity (Wildman–Crippen MR) is 130 cm³/mol. The molecule has 4 aromatic carbocycles. The second kappa shape index (κ2) is 10.3. The van der Waals surface area contributed by atoms with Crippen LogP contribution in [0.5, 0.6) is 5.75 Å². The molecule has 4 rings (SSSR count). The third-order valence-corrected chi connectivity index (χ3v) is 5.56. The Morgan fingerprint density at radius 2 is 1.71 bits per heavy atom. The van der Waals surface area contributed by atoms with Crippen LogP contribution in [-0.2, 0) is 6.54 Å². The Balaban J connectivity index is 1.52. The summed E-state index contributed by atoms with van der Waals surface area (Å²) in [4.78, 5) is 25.1. The Labute approximate surface area is 203 Å². The summed E-state index contributed by atoms with van der Waals surface area (Å²) >= 11 is 5.83. The normalized spacial score (nSPS) is 11.1. The van der Waals surface area contributed by atoms with E-state index in [1.54, 1.807) is 36.4 Å². The summed E-state index contributed by atoms with van der Waals surface area (Å²) < 4.78 is 27.3. The van der Waals surface area contributed by atoms with Crippen LogP contribution in [0.25, 0.3) is 10.8 Å². The van der Waals surface area contributed by atoms with Gasteiger partial charge in [0, 0.05) is 28.8 Å². The van der Waals surface area contributed by atoms with Crippen LogP contribution in [0, 0.1) is 11.6 Å². The molecule has 0 aromatic heterocycles. The fourth-order valence-electron chi connectivity index (χ4n) is 3.46. The molecule has 9 heteroatoms. The maximum Gasteiger partial charge on any atom is 0.271 e. The number of rotatable bonds is 6. The summed E-state index contributed by atoms with van der Waals surface area (Å²) in [5, 5.41) is 17.4. The van der Waals surface area contributed by atoms with E-state index in [2.05, 4.69) is 15.8 Å². The first-order chi connectivity index (χ1) is 16.8. The molecule has 0 unspecified atom stereocenters. The van der Waals surface area contributed by atoms with Crippen molar-refractivity contribution >= 4 is 40.4 Å². The number of carbonyl (C=O) groups excluding carboxylic acids is 2. The van der Waals surface area contributed by atoms with E-state index in [0.717, 1.165) is 6.07 Å². The SMILES string of the molecule is O=C(NN=Cc1ccc(C(=O)NCc2cccc(F)c2F)c2ccccc12)c1ccc(O)c(Cl)c1. The topological polar surface area (TPSA) is 90.8 Å². The van der Waals surface area contributed by atoms with Crippen LogP contribution in [0.15, 0.2) is 77.9 Å². The summed E-state index contributed by atoms with van der Waals surface area (Å²) in [6.45, 7) is -0.173. The molecule has 0 fully saturated rings. The molecule has 35 heavy (non-hydrogen) atoms. The van der Waals surface area contributed by atoms with Crippen molar-refractivity contribution in [2.24, 2.45) is 5.10 Å². The number of carbonyl (C=O) groups is 2. The van der Waals surface area contributed by atoms with E-state index in [-0.39, 0.29) is 28.4 Å². The second-order valence-corrected chi connectivity index (χ2v) is 7.92. The average Bonchev–Trinajstić information content (AvgIpc) is 2.86. The van der Waals surface area contributed by atoms with Gasteiger partial charge in [0.1, 0.15) is 5.75 Å². The van der Waals surface area contributed by atoms with Crippen LogP contribution in [0.3, 0.4) is 0 Å². The molecular formula is C26H18ClF2N3O3. The molecule has 3 N–H and O–H groups in total. The first-order valence-corrected chi connectivity index (χ1v) is 10.8. The van der Waals surface area contributed by atoms with Crippen molar-refractivity contribution in [3.05, 3.63) is 112 Å². The number of fused-ring (bicyclic) bond motifs is 1. The van der Waals surface area contributed by atoms with Gasteiger partial charge in [0.2, 0.25) is 0 Å². The van der Waals surface area contributed by atoms with Gasteiger partial charge < -0.3 is 10.4 Å². The Kier molecular flexibility index (Phi) is 7.03. The van der Waals surface area contributed by atoms with Gasteiger partial charge in [-0.3, -0.25) is 9.59 Å². The number of hydrazone groups is 1. The van der Waals surface area contributed by atoms with Crippen molar-refractivity contribution in [1.82, 2.24) is 10.7 Å². The molecule has 0 spiro atoms. The van der Waals surface area contributed by atoms with E-state index in [4.69, 9.17) is 11.6 Å². The van der Waals surface area contributed by atoms with Gasteiger partial charge in [-0.1, -0.05) is 54.1 Å². The lowest BCUT2D eigenvalue weighted by Gasteiger charge is -2.11. The van der Waals surface area contributed by atoms with Gasteiger partial charge in [-0.05, 0) is 41.1 Å². The number of benzene rings is 4. The van der Waals surface area contributed by atoms with Gasteiger partial charge in [0.15, 0.2) is 11.6 Å². The molecule has 0 aliphatic rings. The van der Waals surface area contributed by atoms with E-state index in [9.17, 15) is 23.5 Å². The summed E-state index contributed by atoms with van der Waals surface area (Å²) in [7, 11) is 0. The van der Waals surface area contributed by atoms with E-state index in [0.29, 0.717) is 21.9 Å². The summed E-state index contributed by atoms with van der Waals surface area (Å²) in [5.41, 5.74) is 3.63. The number of phenols is 1. The van der Waals surface area contributed by atoms with Crippen LogP contribution in [-0.4, -0.2) is 23.1 Å². The molecule has 0 aliphatic heterocycles. The zero-order valence-corrected chi connectivity index (χ0v) is 18.8. The smallest absolute Gasteiger partial charge is 0.271 e. The van der Waals surface area contributed by atoms with E-state index < -0.39 is 23.4 Å². The molecule has 0 saturated heterocycles. The molecule has 4 aromatic rings. The minimum absolute atomic E-state index is 0.0390. The molecule has 0 atom stereocenters. The van der Waals surface area contributed by atoms with E-state index >= 15 is 0 Å². The minimum atomic E-state index is -0.999. The Hall–Kier alpha value is -4.30. The lowest BCUT2D eigenvalue weighted by atomic mass is 9.99. The third-order valence-electron chi connectivity index (χ3n) is 5.25. The molecule has 176 valence electrons. The number of nitrogens with one attached hydrogen (secondary N) is 2. The quantitative estimate of drug-likeness (QED) is 0.255. The van der Waals surface area contributed by atoms with E-state index in [1.807, 2.05) is 0 Å². The Morgan fingerprint density at radius 1 is 0.943 bits per heavy atom. The second-order valence-electron chi connectivity index (χ2n) is 7.51. The Bertz CT molecular complexity index is 1470. The number of nitrogens with zero attached hydrogens (tertiary/aromatic N) is 1. The zero-order chi connectivity index (χ0) is 24.9. The fourth-order valence-corrected chi connectivity index (χ4v) is 3.64. The van der Waals surface area contributed by atoms with Crippen molar-refractivity contribution in [3.8, 4) is 5.75 Å². The summed E-state index contributed by atoms with van der Waals surface area (Å²) in [6.07, 6.45) is 1.44. The molecule has 0 heterocycles. The first kappa shape index (κ1) is 23.8. The molecule has 0 bridgehead atoms. The van der Waals surface area contributed by atoms with Gasteiger partial charge in [-0.2, -0.15) is 5.10 Å². The van der Waals surface area contributed by atoms with Gasteiger partial charge in [-0.25, -0.2) is 14.2 Å². The lowest BCUT2D eigenvalue weighted by Crippen LogP contribution is -2.24. The maximum atomic E-state index is 13.9. The number of hydrogen-bond donors (Lipinski definition) is 3. The van der Waals surface area contributed by atoms with Gasteiger partial charge >= 0.3 is 0 Å². The van der Waals surface area contributed by atoms with E-state index in [1.165, 1.54) is 36.5 Å². The van der Waals surface area contributed by atoms with Gasteiger partial charge in [0.05, 0.1) is 11.2 Å². The summed E-state index contributed by atoms with van der Waals surface area (Å²) in [6, 6.07) is 18.2. The number of aromatic hydroxyl groups is 1. The first-order valence-electron chi connectivity index (χ1n) is 10.4. The highest BCUT2D eigenvalue weighted by molar-refractivity contribution is 6.32. The van der Waals surface area contributed by atoms with Crippen molar-refractivity contribution in [1.29, 1.82) is 0 Å². The van der Waals surface area contributed by atoms with Crippen LogP contribution in [0.4, 0.5) is 8.78 Å². The molecule has 2 amide bonds. The highest BCUT2D eigenvalue weighted by atomic mass is 35.5. The molecule has 6 nitrogen and oxygen atoms in total. The van der Waals surface area contributed by atoms with Gasteiger partial charge in [0.25, 0.3) is 11.8 Å². The molecule has 0 radical (unpaired) electrons. The molecule has 0 aliphatic carbocycles. The van der Waals surface area contributed by atoms with Crippen molar-refractivity contribution < 1.29 is 23.5 Å². The monoisotopic (exact) mass is 493 g/mol. The highest BCUT2D eigenvalue weighted by Crippen LogP contribution is 2.24. The fraction of sp³-hybridized carbons (Fsp3) is 0.0385. The number of hydrogen-bond acceptors (Lipinski definition) is 4. The van der Waals surface area contributed by atoms with Crippen LogP contribution < -0.4 is 10.7 Å². The maximum absolute atomic E-state index is 13.9. The number of halogens is 3. The standard InChI is InChI=1S/C26H18ClF2N3O3/c27-21-12-15(9-11-23(21)33)25(34)32-31-14-16-8-10-20(19-6-2-1-5-18(16)19)26(35)30-13-17-4-3-7-22(28)24(17)29/h1-12,14,33H,13H2,(H,30,35)(H,32,34). The third kappa shape index (κ3) is 5.28. The highest BCUT2D eigenvalue weighted by Gasteiger charge is 2.14. The van der Waals surface area contributed by atoms with Crippen molar-refractivity contribution in [2.75, 3.05) is 0 Å². The van der Waals surface area contributed by atoms with Crippen LogP contribution in [0.1, 0.15) is 31.8 Å². The average molecular weight is 494 g/mol. The Morgan fingerprint density at radius 3 is 2.49 bits per heavy atom.